The van der Waals surface area contributed by atoms with E-state index in [4.69, 9.17) is 5.73 Å². The van der Waals surface area contributed by atoms with Crippen LogP contribution >= 0.6 is 0 Å². The first-order valence-corrected chi connectivity index (χ1v) is 7.47. The van der Waals surface area contributed by atoms with E-state index in [9.17, 15) is 0 Å². The largest absolute Gasteiger partial charge is 0.327 e. The van der Waals surface area contributed by atoms with E-state index >= 15 is 0 Å². The molecule has 1 heterocycles. The van der Waals surface area contributed by atoms with E-state index in [0.717, 1.165) is 24.2 Å². The first-order valence-electron chi connectivity index (χ1n) is 7.47. The fourth-order valence-corrected chi connectivity index (χ4v) is 5.48. The Bertz CT molecular complexity index is 388. The maximum Gasteiger partial charge on any atom is 0.0490 e. The number of aromatic nitrogens is 2. The highest BCUT2D eigenvalue weighted by Gasteiger charge is 2.53. The molecule has 4 aliphatic rings. The molecule has 4 fully saturated rings. The van der Waals surface area contributed by atoms with Crippen molar-refractivity contribution in [3.63, 3.8) is 0 Å². The van der Waals surface area contributed by atoms with Crippen molar-refractivity contribution >= 4 is 0 Å². The predicted molar refractivity (Wildman–Crippen MR) is 70.9 cm³/mol. The molecule has 4 saturated carbocycles. The molecule has 0 amide bonds. The molecule has 0 aromatic carbocycles. The maximum absolute atomic E-state index is 6.62. The molecule has 0 radical (unpaired) electrons. The van der Waals surface area contributed by atoms with Crippen LogP contribution in [0.15, 0.2) is 12.3 Å². The Morgan fingerprint density at radius 2 is 1.83 bits per heavy atom. The van der Waals surface area contributed by atoms with E-state index in [1.165, 1.54) is 44.2 Å². The third-order valence-electron chi connectivity index (χ3n) is 5.87. The van der Waals surface area contributed by atoms with Gasteiger partial charge in [0, 0.05) is 24.4 Å². The number of hydrogen-bond donors (Lipinski definition) is 2. The van der Waals surface area contributed by atoms with Crippen molar-refractivity contribution in [2.24, 2.45) is 28.9 Å². The van der Waals surface area contributed by atoms with Crippen LogP contribution in [-0.4, -0.2) is 16.2 Å². The van der Waals surface area contributed by atoms with Crippen LogP contribution in [0, 0.1) is 23.2 Å². The summed E-state index contributed by atoms with van der Waals surface area (Å²) in [6, 6.07) is 2.40. The highest BCUT2D eigenvalue weighted by atomic mass is 15.1. The molecular formula is C15H23N3. The summed E-state index contributed by atoms with van der Waals surface area (Å²) in [5.41, 5.74) is 8.28. The van der Waals surface area contributed by atoms with Crippen LogP contribution in [0.25, 0.3) is 0 Å². The lowest BCUT2D eigenvalue weighted by Gasteiger charge is -2.59. The molecule has 98 valence electrons. The second kappa shape index (κ2) is 3.83. The Kier molecular flexibility index (Phi) is 2.35. The fraction of sp³-hybridized carbons (Fsp3) is 0.800. The average molecular weight is 245 g/mol. The van der Waals surface area contributed by atoms with Crippen LogP contribution in [0.3, 0.4) is 0 Å². The molecule has 18 heavy (non-hydrogen) atoms. The summed E-state index contributed by atoms with van der Waals surface area (Å²) < 4.78 is 0. The lowest BCUT2D eigenvalue weighted by atomic mass is 9.47. The van der Waals surface area contributed by atoms with Gasteiger partial charge in [-0.15, -0.1) is 0 Å². The molecule has 3 heteroatoms. The van der Waals surface area contributed by atoms with Crippen molar-refractivity contribution in [1.29, 1.82) is 0 Å². The zero-order valence-electron chi connectivity index (χ0n) is 10.9. The van der Waals surface area contributed by atoms with Gasteiger partial charge < -0.3 is 5.73 Å². The van der Waals surface area contributed by atoms with Crippen molar-refractivity contribution in [3.05, 3.63) is 18.0 Å². The molecule has 0 aliphatic heterocycles. The van der Waals surface area contributed by atoms with Gasteiger partial charge in [0.2, 0.25) is 0 Å². The molecule has 1 aromatic rings. The lowest BCUT2D eigenvalue weighted by Crippen LogP contribution is -2.55. The fourth-order valence-electron chi connectivity index (χ4n) is 5.48. The minimum atomic E-state index is 0.325. The third kappa shape index (κ3) is 1.63. The lowest BCUT2D eigenvalue weighted by molar-refractivity contribution is -0.0669. The topological polar surface area (TPSA) is 54.7 Å². The summed E-state index contributed by atoms with van der Waals surface area (Å²) in [4.78, 5) is 0. The molecule has 0 spiro atoms. The molecule has 4 bridgehead atoms. The Hall–Kier alpha value is -0.830. The number of aromatic amines is 1. The number of hydrogen-bond acceptors (Lipinski definition) is 2. The maximum atomic E-state index is 6.62. The first kappa shape index (κ1) is 11.0. The van der Waals surface area contributed by atoms with Crippen molar-refractivity contribution in [2.75, 3.05) is 0 Å². The Morgan fingerprint density at radius 3 is 2.33 bits per heavy atom. The van der Waals surface area contributed by atoms with Crippen LogP contribution in [0.5, 0.6) is 0 Å². The van der Waals surface area contributed by atoms with E-state index in [1.807, 2.05) is 6.20 Å². The van der Waals surface area contributed by atoms with E-state index in [1.54, 1.807) is 0 Å². The van der Waals surface area contributed by atoms with Gasteiger partial charge in [-0.05, 0) is 67.8 Å². The average Bonchev–Trinajstić information content (AvgIpc) is 2.79. The Morgan fingerprint density at radius 1 is 1.22 bits per heavy atom. The van der Waals surface area contributed by atoms with Gasteiger partial charge in [0.05, 0.1) is 0 Å². The molecule has 1 unspecified atom stereocenters. The smallest absolute Gasteiger partial charge is 0.0490 e. The third-order valence-corrected chi connectivity index (χ3v) is 5.87. The van der Waals surface area contributed by atoms with Crippen molar-refractivity contribution in [1.82, 2.24) is 10.2 Å². The van der Waals surface area contributed by atoms with E-state index in [-0.39, 0.29) is 0 Å². The minimum absolute atomic E-state index is 0.325. The van der Waals surface area contributed by atoms with Gasteiger partial charge in [-0.2, -0.15) is 5.10 Å². The Labute approximate surface area is 109 Å². The van der Waals surface area contributed by atoms with E-state index < -0.39 is 0 Å². The number of rotatable bonds is 3. The van der Waals surface area contributed by atoms with Gasteiger partial charge in [0.25, 0.3) is 0 Å². The quantitative estimate of drug-likeness (QED) is 0.859. The van der Waals surface area contributed by atoms with Crippen LogP contribution in [0.2, 0.25) is 0 Å². The van der Waals surface area contributed by atoms with Gasteiger partial charge >= 0.3 is 0 Å². The molecule has 4 aliphatic carbocycles. The summed E-state index contributed by atoms with van der Waals surface area (Å²) in [6.07, 6.45) is 11.5. The standard InChI is InChI=1S/C15H23N3/c16-14(6-13-1-2-17-18-13)15-7-10-3-11(8-15)5-12(4-10)9-15/h1-2,10-12,14H,3-9,16H2,(H,17,18). The summed E-state index contributed by atoms with van der Waals surface area (Å²) in [7, 11) is 0. The summed E-state index contributed by atoms with van der Waals surface area (Å²) in [6.45, 7) is 0. The highest BCUT2D eigenvalue weighted by molar-refractivity contribution is 5.09. The van der Waals surface area contributed by atoms with Gasteiger partial charge in [-0.1, -0.05) is 0 Å². The van der Waals surface area contributed by atoms with Gasteiger partial charge in [0.15, 0.2) is 0 Å². The minimum Gasteiger partial charge on any atom is -0.327 e. The number of nitrogens with two attached hydrogens (primary N) is 1. The SMILES string of the molecule is NC(Cc1ccn[nH]1)C12CC3CC(CC(C3)C1)C2. The normalized spacial score (nSPS) is 43.3. The van der Waals surface area contributed by atoms with Gasteiger partial charge in [-0.3, -0.25) is 5.10 Å². The van der Waals surface area contributed by atoms with Gasteiger partial charge in [-0.25, -0.2) is 0 Å². The van der Waals surface area contributed by atoms with Crippen LogP contribution < -0.4 is 5.73 Å². The van der Waals surface area contributed by atoms with Crippen molar-refractivity contribution in [2.45, 2.75) is 51.0 Å². The van der Waals surface area contributed by atoms with E-state index in [2.05, 4.69) is 16.3 Å². The molecule has 1 aromatic heterocycles. The summed E-state index contributed by atoms with van der Waals surface area (Å²) in [5, 5.41) is 7.11. The monoisotopic (exact) mass is 245 g/mol. The van der Waals surface area contributed by atoms with Crippen LogP contribution in [0.1, 0.15) is 44.2 Å². The zero-order valence-corrected chi connectivity index (χ0v) is 10.9. The van der Waals surface area contributed by atoms with Crippen LogP contribution in [0.4, 0.5) is 0 Å². The molecular weight excluding hydrogens is 222 g/mol. The molecule has 5 rings (SSSR count). The second-order valence-corrected chi connectivity index (χ2v) is 7.17. The predicted octanol–water partition coefficient (Wildman–Crippen LogP) is 2.50. The second-order valence-electron chi connectivity index (χ2n) is 7.17. The molecule has 1 atom stereocenters. The molecule has 3 N–H and O–H groups in total. The van der Waals surface area contributed by atoms with E-state index in [0.29, 0.717) is 11.5 Å². The number of nitrogens with one attached hydrogen (secondary N) is 1. The zero-order chi connectivity index (χ0) is 12.2. The summed E-state index contributed by atoms with van der Waals surface area (Å²) in [5.74, 6) is 2.97. The number of nitrogens with zero attached hydrogens (tertiary/aromatic N) is 1. The summed E-state index contributed by atoms with van der Waals surface area (Å²) >= 11 is 0. The highest BCUT2D eigenvalue weighted by Crippen LogP contribution is 2.61. The molecule has 0 saturated heterocycles. The first-order chi connectivity index (χ1) is 8.73. The van der Waals surface area contributed by atoms with Crippen molar-refractivity contribution in [3.8, 4) is 0 Å². The van der Waals surface area contributed by atoms with Crippen molar-refractivity contribution < 1.29 is 0 Å². The van der Waals surface area contributed by atoms with Crippen LogP contribution in [-0.2, 0) is 6.42 Å². The van der Waals surface area contributed by atoms with Gasteiger partial charge in [0.1, 0.15) is 0 Å². The Balaban J connectivity index is 1.56. The number of H-pyrrole nitrogens is 1. The molecule has 3 nitrogen and oxygen atoms in total.